The first kappa shape index (κ1) is 18.3. The summed E-state index contributed by atoms with van der Waals surface area (Å²) in [5, 5.41) is 10.8. The molecule has 28 heavy (non-hydrogen) atoms. The van der Waals surface area contributed by atoms with Crippen molar-refractivity contribution in [2.45, 2.75) is 12.8 Å². The molecule has 2 aliphatic heterocycles. The molecular formula is C21H24N4O3. The minimum Gasteiger partial charge on any atom is -0.372 e. The van der Waals surface area contributed by atoms with Crippen molar-refractivity contribution >= 4 is 23.0 Å². The summed E-state index contributed by atoms with van der Waals surface area (Å²) in [5.74, 6) is 0.0660. The van der Waals surface area contributed by atoms with Crippen LogP contribution in [0.3, 0.4) is 0 Å². The number of amides is 1. The van der Waals surface area contributed by atoms with Gasteiger partial charge in [-0.2, -0.15) is 0 Å². The zero-order valence-corrected chi connectivity index (χ0v) is 15.8. The van der Waals surface area contributed by atoms with Gasteiger partial charge < -0.3 is 14.7 Å². The zero-order chi connectivity index (χ0) is 19.5. The Morgan fingerprint density at radius 3 is 1.79 bits per heavy atom. The van der Waals surface area contributed by atoms with Crippen LogP contribution in [0, 0.1) is 10.1 Å². The van der Waals surface area contributed by atoms with E-state index in [4.69, 9.17) is 0 Å². The van der Waals surface area contributed by atoms with Crippen molar-refractivity contribution in [3.05, 3.63) is 64.2 Å². The van der Waals surface area contributed by atoms with Crippen molar-refractivity contribution in [3.63, 3.8) is 0 Å². The Kier molecular flexibility index (Phi) is 5.14. The molecular weight excluding hydrogens is 356 g/mol. The van der Waals surface area contributed by atoms with Gasteiger partial charge in [-0.15, -0.1) is 0 Å². The molecule has 2 aromatic rings. The molecule has 7 heteroatoms. The number of piperazine rings is 1. The number of nitrogens with zero attached hydrogens (tertiary/aromatic N) is 4. The Labute approximate surface area is 164 Å². The highest BCUT2D eigenvalue weighted by Gasteiger charge is 2.23. The minimum atomic E-state index is -0.393. The lowest BCUT2D eigenvalue weighted by atomic mass is 10.1. The number of carbonyl (C=O) groups is 1. The molecule has 2 aliphatic rings. The lowest BCUT2D eigenvalue weighted by Gasteiger charge is -2.36. The smallest absolute Gasteiger partial charge is 0.269 e. The third kappa shape index (κ3) is 3.78. The largest absolute Gasteiger partial charge is 0.372 e. The molecule has 0 saturated carbocycles. The molecule has 4 rings (SSSR count). The van der Waals surface area contributed by atoms with E-state index >= 15 is 0 Å². The maximum Gasteiger partial charge on any atom is 0.269 e. The van der Waals surface area contributed by atoms with E-state index in [1.54, 1.807) is 12.1 Å². The average Bonchev–Trinajstić information content (AvgIpc) is 3.28. The first-order chi connectivity index (χ1) is 13.6. The van der Waals surface area contributed by atoms with E-state index in [0.29, 0.717) is 13.1 Å². The molecule has 0 unspecified atom stereocenters. The molecule has 7 nitrogen and oxygen atoms in total. The van der Waals surface area contributed by atoms with Gasteiger partial charge in [0.1, 0.15) is 0 Å². The second-order valence-electron chi connectivity index (χ2n) is 7.29. The lowest BCUT2D eigenvalue weighted by Crippen LogP contribution is -2.48. The maximum absolute atomic E-state index is 12.8. The molecule has 0 radical (unpaired) electrons. The highest BCUT2D eigenvalue weighted by molar-refractivity contribution is 5.94. The molecule has 146 valence electrons. The molecule has 2 fully saturated rings. The second kappa shape index (κ2) is 7.88. The van der Waals surface area contributed by atoms with Crippen molar-refractivity contribution < 1.29 is 9.72 Å². The normalized spacial score (nSPS) is 17.1. The number of hydrogen-bond acceptors (Lipinski definition) is 5. The number of nitro groups is 1. The number of non-ortho nitro benzene ring substituents is 1. The van der Waals surface area contributed by atoms with Crippen molar-refractivity contribution in [3.8, 4) is 0 Å². The van der Waals surface area contributed by atoms with E-state index in [1.807, 2.05) is 29.2 Å². The minimum absolute atomic E-state index is 0.0660. The van der Waals surface area contributed by atoms with Crippen LogP contribution < -0.4 is 9.80 Å². The molecule has 0 N–H and O–H groups in total. The summed E-state index contributed by atoms with van der Waals surface area (Å²) in [6, 6.07) is 14.5. The van der Waals surface area contributed by atoms with E-state index in [9.17, 15) is 14.9 Å². The van der Waals surface area contributed by atoms with Gasteiger partial charge in [-0.1, -0.05) is 0 Å². The van der Waals surface area contributed by atoms with Crippen molar-refractivity contribution in [2.75, 3.05) is 49.1 Å². The van der Waals surface area contributed by atoms with Gasteiger partial charge in [0.25, 0.3) is 11.6 Å². The molecule has 0 aromatic heterocycles. The Hall–Kier alpha value is -3.09. The quantitative estimate of drug-likeness (QED) is 0.602. The van der Waals surface area contributed by atoms with Crippen LogP contribution in [0.15, 0.2) is 48.5 Å². The first-order valence-corrected chi connectivity index (χ1v) is 9.75. The predicted molar refractivity (Wildman–Crippen MR) is 109 cm³/mol. The monoisotopic (exact) mass is 380 g/mol. The van der Waals surface area contributed by atoms with Gasteiger partial charge in [-0.25, -0.2) is 0 Å². The second-order valence-corrected chi connectivity index (χ2v) is 7.29. The van der Waals surface area contributed by atoms with Crippen LogP contribution in [0.1, 0.15) is 23.2 Å². The molecule has 2 aromatic carbocycles. The van der Waals surface area contributed by atoms with Crippen molar-refractivity contribution in [1.82, 2.24) is 4.90 Å². The van der Waals surface area contributed by atoms with Gasteiger partial charge in [0.15, 0.2) is 0 Å². The van der Waals surface area contributed by atoms with Gasteiger partial charge in [0, 0.05) is 68.3 Å². The summed E-state index contributed by atoms with van der Waals surface area (Å²) in [4.78, 5) is 29.6. The molecule has 1 amide bonds. The van der Waals surface area contributed by atoms with Crippen LogP contribution in [0.4, 0.5) is 17.1 Å². The average molecular weight is 380 g/mol. The maximum atomic E-state index is 12.8. The Bertz CT molecular complexity index is 837. The van der Waals surface area contributed by atoms with E-state index in [2.05, 4.69) is 9.80 Å². The molecule has 2 saturated heterocycles. The molecule has 0 spiro atoms. The lowest BCUT2D eigenvalue weighted by molar-refractivity contribution is -0.384. The molecule has 0 aliphatic carbocycles. The third-order valence-electron chi connectivity index (χ3n) is 5.58. The fraction of sp³-hybridized carbons (Fsp3) is 0.381. The van der Waals surface area contributed by atoms with E-state index in [1.165, 1.54) is 30.7 Å². The molecule has 0 bridgehead atoms. The van der Waals surface area contributed by atoms with E-state index in [-0.39, 0.29) is 11.6 Å². The summed E-state index contributed by atoms with van der Waals surface area (Å²) >= 11 is 0. The molecule has 2 heterocycles. The summed E-state index contributed by atoms with van der Waals surface area (Å²) in [7, 11) is 0. The number of nitro benzene ring substituents is 1. The number of hydrogen-bond donors (Lipinski definition) is 0. The van der Waals surface area contributed by atoms with Crippen LogP contribution in [0.25, 0.3) is 0 Å². The Morgan fingerprint density at radius 1 is 0.750 bits per heavy atom. The van der Waals surface area contributed by atoms with Gasteiger partial charge in [0.2, 0.25) is 0 Å². The summed E-state index contributed by atoms with van der Waals surface area (Å²) < 4.78 is 0. The van der Waals surface area contributed by atoms with Gasteiger partial charge in [-0.3, -0.25) is 14.9 Å². The van der Waals surface area contributed by atoms with Crippen molar-refractivity contribution in [2.24, 2.45) is 0 Å². The van der Waals surface area contributed by atoms with Gasteiger partial charge in [0.05, 0.1) is 4.92 Å². The van der Waals surface area contributed by atoms with Crippen LogP contribution >= 0.6 is 0 Å². The summed E-state index contributed by atoms with van der Waals surface area (Å²) in [5.41, 5.74) is 2.96. The van der Waals surface area contributed by atoms with Crippen LogP contribution in [-0.4, -0.2) is 55.0 Å². The van der Waals surface area contributed by atoms with Crippen LogP contribution in [0.2, 0.25) is 0 Å². The zero-order valence-electron chi connectivity index (χ0n) is 15.8. The number of anilines is 2. The van der Waals surface area contributed by atoms with Gasteiger partial charge >= 0.3 is 0 Å². The fourth-order valence-corrected chi connectivity index (χ4v) is 3.93. The van der Waals surface area contributed by atoms with E-state index in [0.717, 1.165) is 37.4 Å². The predicted octanol–water partition coefficient (Wildman–Crippen LogP) is 3.16. The summed E-state index contributed by atoms with van der Waals surface area (Å²) in [6.07, 6.45) is 2.47. The number of carbonyl (C=O) groups excluding carboxylic acids is 1. The SMILES string of the molecule is O=C(c1ccc(N2CCCC2)cc1)N1CCN(c2ccc([N+](=O)[O-])cc2)CC1. The Balaban J connectivity index is 1.35. The third-order valence-corrected chi connectivity index (χ3v) is 5.58. The van der Waals surface area contributed by atoms with Crippen LogP contribution in [0.5, 0.6) is 0 Å². The van der Waals surface area contributed by atoms with Crippen LogP contribution in [-0.2, 0) is 0 Å². The number of rotatable bonds is 4. The van der Waals surface area contributed by atoms with Gasteiger partial charge in [-0.05, 0) is 49.2 Å². The highest BCUT2D eigenvalue weighted by atomic mass is 16.6. The van der Waals surface area contributed by atoms with Crippen molar-refractivity contribution in [1.29, 1.82) is 0 Å². The fourth-order valence-electron chi connectivity index (χ4n) is 3.93. The summed E-state index contributed by atoms with van der Waals surface area (Å²) in [6.45, 7) is 4.91. The standard InChI is InChI=1S/C21H24N4O3/c26-21(17-3-5-18(6-4-17)22-11-1-2-12-22)24-15-13-23(14-16-24)19-7-9-20(10-8-19)25(27)28/h3-10H,1-2,11-16H2. The number of benzene rings is 2. The molecule has 0 atom stereocenters. The topological polar surface area (TPSA) is 69.9 Å². The van der Waals surface area contributed by atoms with E-state index < -0.39 is 4.92 Å². The Morgan fingerprint density at radius 2 is 1.25 bits per heavy atom. The first-order valence-electron chi connectivity index (χ1n) is 9.75. The highest BCUT2D eigenvalue weighted by Crippen LogP contribution is 2.23.